The first-order chi connectivity index (χ1) is 11.8. The standard InChI is InChI=1S/C18H30N4O3.HI/c1-18(2,16(23)19-3)13-21-17(20-4)22(5)11-12-25-15-9-7-14(24-6)8-10-15;/h7-10H,11-13H2,1-6H3,(H,19,23)(H,20,21);1H. The van der Waals surface area contributed by atoms with E-state index in [-0.39, 0.29) is 29.9 Å². The number of nitrogens with zero attached hydrogens (tertiary/aromatic N) is 2. The minimum absolute atomic E-state index is 0. The molecule has 2 N–H and O–H groups in total. The first-order valence-corrected chi connectivity index (χ1v) is 8.25. The van der Waals surface area contributed by atoms with Crippen LogP contribution in [0.1, 0.15) is 13.8 Å². The van der Waals surface area contributed by atoms with Crippen LogP contribution in [0, 0.1) is 5.41 Å². The fourth-order valence-electron chi connectivity index (χ4n) is 2.18. The van der Waals surface area contributed by atoms with Gasteiger partial charge in [0, 0.05) is 27.7 Å². The molecule has 1 amide bonds. The summed E-state index contributed by atoms with van der Waals surface area (Å²) in [5.74, 6) is 2.29. The zero-order chi connectivity index (χ0) is 18.9. The van der Waals surface area contributed by atoms with Crippen LogP contribution >= 0.6 is 24.0 Å². The Bertz CT molecular complexity index is 576. The van der Waals surface area contributed by atoms with E-state index in [1.807, 2.05) is 50.1 Å². The summed E-state index contributed by atoms with van der Waals surface area (Å²) >= 11 is 0. The Kier molecular flexibility index (Phi) is 11.0. The van der Waals surface area contributed by atoms with Gasteiger partial charge in [-0.1, -0.05) is 0 Å². The van der Waals surface area contributed by atoms with Crippen LogP contribution in [0.3, 0.4) is 0 Å². The number of hydrogen-bond donors (Lipinski definition) is 2. The van der Waals surface area contributed by atoms with E-state index in [9.17, 15) is 4.79 Å². The molecule has 0 aliphatic rings. The number of amides is 1. The second-order valence-electron chi connectivity index (χ2n) is 6.31. The summed E-state index contributed by atoms with van der Waals surface area (Å²) in [4.78, 5) is 18.1. The van der Waals surface area contributed by atoms with Crippen LogP contribution < -0.4 is 20.1 Å². The van der Waals surface area contributed by atoms with Crippen molar-refractivity contribution in [1.82, 2.24) is 15.5 Å². The highest BCUT2D eigenvalue weighted by molar-refractivity contribution is 14.0. The van der Waals surface area contributed by atoms with Crippen LogP contribution in [-0.2, 0) is 4.79 Å². The predicted octanol–water partition coefficient (Wildman–Crippen LogP) is 1.97. The van der Waals surface area contributed by atoms with Gasteiger partial charge in [0.25, 0.3) is 0 Å². The molecule has 0 aliphatic heterocycles. The van der Waals surface area contributed by atoms with Crippen LogP contribution in [0.25, 0.3) is 0 Å². The van der Waals surface area contributed by atoms with Crippen molar-refractivity contribution in [2.24, 2.45) is 10.4 Å². The average Bonchev–Trinajstić information content (AvgIpc) is 2.61. The molecule has 0 bridgehead atoms. The van der Waals surface area contributed by atoms with Gasteiger partial charge in [0.15, 0.2) is 5.96 Å². The normalized spacial score (nSPS) is 11.2. The van der Waals surface area contributed by atoms with Crippen molar-refractivity contribution in [2.75, 3.05) is 47.9 Å². The molecule has 0 fully saturated rings. The van der Waals surface area contributed by atoms with Crippen LogP contribution in [0.5, 0.6) is 11.5 Å². The molecule has 148 valence electrons. The van der Waals surface area contributed by atoms with E-state index >= 15 is 0 Å². The topological polar surface area (TPSA) is 75.2 Å². The molecule has 0 saturated heterocycles. The van der Waals surface area contributed by atoms with Crippen LogP contribution in [-0.4, -0.2) is 64.7 Å². The van der Waals surface area contributed by atoms with Gasteiger partial charge < -0.3 is 25.0 Å². The van der Waals surface area contributed by atoms with Crippen LogP contribution in [0.4, 0.5) is 0 Å². The lowest BCUT2D eigenvalue weighted by molar-refractivity contribution is -0.128. The van der Waals surface area contributed by atoms with Gasteiger partial charge in [-0.15, -0.1) is 24.0 Å². The summed E-state index contributed by atoms with van der Waals surface area (Å²) in [5.41, 5.74) is -0.523. The number of hydrogen-bond acceptors (Lipinski definition) is 4. The Balaban J connectivity index is 0.00000625. The first kappa shape index (κ1) is 24.3. The fourth-order valence-corrected chi connectivity index (χ4v) is 2.18. The average molecular weight is 478 g/mol. The molecule has 0 radical (unpaired) electrons. The quantitative estimate of drug-likeness (QED) is 0.340. The summed E-state index contributed by atoms with van der Waals surface area (Å²) in [6, 6.07) is 7.47. The third-order valence-electron chi connectivity index (χ3n) is 3.86. The molecule has 0 aliphatic carbocycles. The molecule has 0 saturated carbocycles. The third-order valence-corrected chi connectivity index (χ3v) is 3.86. The molecule has 1 aromatic rings. The number of carbonyl (C=O) groups excluding carboxylic acids is 1. The van der Waals surface area contributed by atoms with Gasteiger partial charge in [0.1, 0.15) is 18.1 Å². The van der Waals surface area contributed by atoms with E-state index < -0.39 is 5.41 Å². The Labute approximate surface area is 173 Å². The number of benzene rings is 1. The van der Waals surface area contributed by atoms with Crippen molar-refractivity contribution in [2.45, 2.75) is 13.8 Å². The number of halogens is 1. The predicted molar refractivity (Wildman–Crippen MR) is 116 cm³/mol. The lowest BCUT2D eigenvalue weighted by atomic mass is 9.92. The molecule has 1 aromatic carbocycles. The smallest absolute Gasteiger partial charge is 0.227 e. The number of carbonyl (C=O) groups is 1. The molecule has 0 atom stereocenters. The maximum Gasteiger partial charge on any atom is 0.227 e. The Morgan fingerprint density at radius 3 is 2.31 bits per heavy atom. The number of guanidine groups is 1. The number of likely N-dealkylation sites (N-methyl/N-ethyl adjacent to an activating group) is 1. The highest BCUT2D eigenvalue weighted by Gasteiger charge is 2.27. The lowest BCUT2D eigenvalue weighted by Gasteiger charge is -2.27. The fraction of sp³-hybridized carbons (Fsp3) is 0.556. The molecule has 0 unspecified atom stereocenters. The van der Waals surface area contributed by atoms with Gasteiger partial charge in [-0.05, 0) is 38.1 Å². The first-order valence-electron chi connectivity index (χ1n) is 8.25. The highest BCUT2D eigenvalue weighted by Crippen LogP contribution is 2.17. The minimum atomic E-state index is -0.523. The molecule has 8 heteroatoms. The number of rotatable bonds is 8. The monoisotopic (exact) mass is 478 g/mol. The van der Waals surface area contributed by atoms with Crippen molar-refractivity contribution in [3.05, 3.63) is 24.3 Å². The maximum atomic E-state index is 11.8. The SMILES string of the molecule is CN=C(NCC(C)(C)C(=O)NC)N(C)CCOc1ccc(OC)cc1.I. The van der Waals surface area contributed by atoms with Crippen molar-refractivity contribution in [3.8, 4) is 11.5 Å². The van der Waals surface area contributed by atoms with Gasteiger partial charge in [0.05, 0.1) is 19.1 Å². The van der Waals surface area contributed by atoms with E-state index in [0.29, 0.717) is 19.7 Å². The zero-order valence-corrected chi connectivity index (χ0v) is 18.8. The van der Waals surface area contributed by atoms with Crippen molar-refractivity contribution in [3.63, 3.8) is 0 Å². The van der Waals surface area contributed by atoms with E-state index in [2.05, 4.69) is 15.6 Å². The van der Waals surface area contributed by atoms with Crippen LogP contribution in [0.2, 0.25) is 0 Å². The summed E-state index contributed by atoms with van der Waals surface area (Å²) in [5, 5.41) is 5.91. The van der Waals surface area contributed by atoms with E-state index in [4.69, 9.17) is 9.47 Å². The highest BCUT2D eigenvalue weighted by atomic mass is 127. The maximum absolute atomic E-state index is 11.8. The molecule has 1 rings (SSSR count). The van der Waals surface area contributed by atoms with Gasteiger partial charge >= 0.3 is 0 Å². The molecule has 26 heavy (non-hydrogen) atoms. The largest absolute Gasteiger partial charge is 0.497 e. The van der Waals surface area contributed by atoms with Crippen molar-refractivity contribution >= 4 is 35.8 Å². The van der Waals surface area contributed by atoms with E-state index in [1.165, 1.54) is 0 Å². The van der Waals surface area contributed by atoms with Crippen molar-refractivity contribution < 1.29 is 14.3 Å². The number of ether oxygens (including phenoxy) is 2. The minimum Gasteiger partial charge on any atom is -0.497 e. The zero-order valence-electron chi connectivity index (χ0n) is 16.5. The summed E-state index contributed by atoms with van der Waals surface area (Å²) in [6.07, 6.45) is 0. The number of aliphatic imine (C=N–C) groups is 1. The molecule has 0 spiro atoms. The molecule has 0 aromatic heterocycles. The third kappa shape index (κ3) is 7.67. The summed E-state index contributed by atoms with van der Waals surface area (Å²) < 4.78 is 10.8. The Morgan fingerprint density at radius 1 is 1.23 bits per heavy atom. The second kappa shape index (κ2) is 11.8. The molecular formula is C18H31IN4O3. The molecular weight excluding hydrogens is 447 g/mol. The number of nitrogens with one attached hydrogen (secondary N) is 2. The molecule has 7 nitrogen and oxygen atoms in total. The summed E-state index contributed by atoms with van der Waals surface area (Å²) in [6.45, 7) is 5.44. The molecule has 0 heterocycles. The lowest BCUT2D eigenvalue weighted by Crippen LogP contribution is -2.48. The van der Waals surface area contributed by atoms with Gasteiger partial charge in [0.2, 0.25) is 5.91 Å². The van der Waals surface area contributed by atoms with Crippen molar-refractivity contribution in [1.29, 1.82) is 0 Å². The van der Waals surface area contributed by atoms with E-state index in [0.717, 1.165) is 17.5 Å². The summed E-state index contributed by atoms with van der Waals surface area (Å²) in [7, 11) is 6.92. The number of methoxy groups -OCH3 is 1. The Hall–Kier alpha value is -1.71. The van der Waals surface area contributed by atoms with Crippen LogP contribution in [0.15, 0.2) is 29.3 Å². The van der Waals surface area contributed by atoms with E-state index in [1.54, 1.807) is 21.2 Å². The van der Waals surface area contributed by atoms with Gasteiger partial charge in [-0.25, -0.2) is 0 Å². The van der Waals surface area contributed by atoms with Gasteiger partial charge in [-0.3, -0.25) is 9.79 Å². The van der Waals surface area contributed by atoms with Gasteiger partial charge in [-0.2, -0.15) is 0 Å². The Morgan fingerprint density at radius 2 is 1.81 bits per heavy atom. The second-order valence-corrected chi connectivity index (χ2v) is 6.31.